The third kappa shape index (κ3) is 3.63. The minimum atomic E-state index is -0.263. The first kappa shape index (κ1) is 18.6. The fraction of sp³-hybridized carbons (Fsp3) is 0.200. The van der Waals surface area contributed by atoms with Crippen molar-refractivity contribution in [3.63, 3.8) is 0 Å². The number of fused-ring (bicyclic) bond motifs is 1. The smallest absolute Gasteiger partial charge is 0.267 e. The highest BCUT2D eigenvalue weighted by Gasteiger charge is 2.25. The van der Waals surface area contributed by atoms with Crippen LogP contribution in [-0.4, -0.2) is 32.8 Å². The molecule has 0 radical (unpaired) electrons. The zero-order chi connectivity index (χ0) is 19.7. The van der Waals surface area contributed by atoms with Crippen molar-refractivity contribution in [2.75, 3.05) is 11.9 Å². The van der Waals surface area contributed by atoms with Gasteiger partial charge >= 0.3 is 0 Å². The Labute approximate surface area is 171 Å². The second-order valence-corrected chi connectivity index (χ2v) is 7.74. The van der Waals surface area contributed by atoms with Crippen molar-refractivity contribution < 1.29 is 9.59 Å². The average Bonchev–Trinajstić information content (AvgIpc) is 3.13. The van der Waals surface area contributed by atoms with Gasteiger partial charge in [-0.1, -0.05) is 34.3 Å². The fourth-order valence-electron chi connectivity index (χ4n) is 3.22. The molecule has 0 unspecified atom stereocenters. The van der Waals surface area contributed by atoms with Crippen molar-refractivity contribution in [3.05, 3.63) is 74.7 Å². The minimum Gasteiger partial charge on any atom is -0.333 e. The molecule has 0 saturated heterocycles. The molecule has 3 aromatic rings. The van der Waals surface area contributed by atoms with E-state index in [0.29, 0.717) is 39.9 Å². The highest BCUT2D eigenvalue weighted by Crippen LogP contribution is 2.26. The zero-order valence-corrected chi connectivity index (χ0v) is 16.7. The quantitative estimate of drug-likeness (QED) is 0.706. The molecule has 1 aromatic heterocycles. The second-order valence-electron chi connectivity index (χ2n) is 6.58. The van der Waals surface area contributed by atoms with Gasteiger partial charge in [0.05, 0.1) is 16.3 Å². The molecule has 1 aliphatic heterocycles. The van der Waals surface area contributed by atoms with Crippen LogP contribution in [0.3, 0.4) is 0 Å². The topological polar surface area (TPSA) is 75.2 Å². The number of benzene rings is 2. The van der Waals surface area contributed by atoms with Crippen LogP contribution in [0.25, 0.3) is 0 Å². The van der Waals surface area contributed by atoms with Gasteiger partial charge in [-0.05, 0) is 60.3 Å². The van der Waals surface area contributed by atoms with Gasteiger partial charge in [-0.3, -0.25) is 9.59 Å². The van der Waals surface area contributed by atoms with Gasteiger partial charge in [-0.25, -0.2) is 0 Å². The summed E-state index contributed by atoms with van der Waals surface area (Å²) in [7, 11) is 0. The van der Waals surface area contributed by atoms with Crippen LogP contribution >= 0.6 is 23.1 Å². The van der Waals surface area contributed by atoms with E-state index in [-0.39, 0.29) is 11.8 Å². The first-order valence-electron chi connectivity index (χ1n) is 8.79. The van der Waals surface area contributed by atoms with Gasteiger partial charge in [0.15, 0.2) is 0 Å². The predicted molar refractivity (Wildman–Crippen MR) is 109 cm³/mol. The Morgan fingerprint density at radius 3 is 2.75 bits per heavy atom. The van der Waals surface area contributed by atoms with E-state index in [9.17, 15) is 9.59 Å². The molecule has 8 heteroatoms. The van der Waals surface area contributed by atoms with Gasteiger partial charge < -0.3 is 10.2 Å². The van der Waals surface area contributed by atoms with Gasteiger partial charge in [0, 0.05) is 18.8 Å². The van der Waals surface area contributed by atoms with Gasteiger partial charge in [-0.15, -0.1) is 5.10 Å². The number of carbonyl (C=O) groups is 2. The number of aromatic nitrogens is 2. The summed E-state index contributed by atoms with van der Waals surface area (Å²) < 4.78 is 3.85. The number of hydrogen-bond donors (Lipinski definition) is 1. The number of amides is 2. The third-order valence-electron chi connectivity index (χ3n) is 4.73. The van der Waals surface area contributed by atoms with Crippen LogP contribution in [0, 0.1) is 6.92 Å². The molecule has 0 spiro atoms. The molecule has 2 amide bonds. The number of halogens is 1. The maximum Gasteiger partial charge on any atom is 0.267 e. The molecule has 4 rings (SSSR count). The van der Waals surface area contributed by atoms with Crippen molar-refractivity contribution in [1.82, 2.24) is 14.5 Å². The Balaban J connectivity index is 1.52. The van der Waals surface area contributed by atoms with E-state index in [4.69, 9.17) is 11.6 Å². The Hall–Kier alpha value is -2.77. The van der Waals surface area contributed by atoms with Crippen LogP contribution < -0.4 is 5.32 Å². The van der Waals surface area contributed by atoms with Crippen LogP contribution in [0.1, 0.15) is 36.9 Å². The van der Waals surface area contributed by atoms with E-state index in [1.54, 1.807) is 36.1 Å². The second kappa shape index (κ2) is 7.69. The molecule has 2 aromatic carbocycles. The van der Waals surface area contributed by atoms with Crippen molar-refractivity contribution in [2.24, 2.45) is 0 Å². The number of rotatable bonds is 3. The summed E-state index contributed by atoms with van der Waals surface area (Å²) in [5, 5.41) is 7.21. The molecule has 6 nitrogen and oxygen atoms in total. The van der Waals surface area contributed by atoms with Crippen LogP contribution in [0.2, 0.25) is 5.02 Å². The summed E-state index contributed by atoms with van der Waals surface area (Å²) in [6.45, 7) is 2.92. The van der Waals surface area contributed by atoms with Crippen LogP contribution in [-0.2, 0) is 13.0 Å². The molecule has 0 atom stereocenters. The third-order valence-corrected chi connectivity index (χ3v) is 5.87. The van der Waals surface area contributed by atoms with E-state index in [1.807, 2.05) is 18.2 Å². The van der Waals surface area contributed by atoms with Crippen molar-refractivity contribution >= 4 is 40.6 Å². The summed E-state index contributed by atoms with van der Waals surface area (Å²) in [6.07, 6.45) is 0.769. The number of nitrogens with one attached hydrogen (secondary N) is 1. The average molecular weight is 413 g/mol. The number of carbonyl (C=O) groups excluding carboxylic acids is 2. The number of anilines is 1. The standard InChI is InChI=1S/C20H17ClN4O2S/c1-12-18(28-24-23-12)20(27)25-9-8-13-6-7-15(10-14(13)11-25)22-19(26)16-4-2-3-5-17(16)21/h2-7,10H,8-9,11H2,1H3,(H,22,26). The van der Waals surface area contributed by atoms with E-state index >= 15 is 0 Å². The maximum absolute atomic E-state index is 12.7. The fourth-order valence-corrected chi connectivity index (χ4v) is 4.07. The summed E-state index contributed by atoms with van der Waals surface area (Å²) in [5.74, 6) is -0.315. The van der Waals surface area contributed by atoms with E-state index in [1.165, 1.54) is 5.56 Å². The predicted octanol–water partition coefficient (Wildman–Crippen LogP) is 3.95. The van der Waals surface area contributed by atoms with Crippen LogP contribution in [0.15, 0.2) is 42.5 Å². The van der Waals surface area contributed by atoms with Gasteiger partial charge in [-0.2, -0.15) is 0 Å². The van der Waals surface area contributed by atoms with Crippen LogP contribution in [0.5, 0.6) is 0 Å². The minimum absolute atomic E-state index is 0.0522. The van der Waals surface area contributed by atoms with Crippen molar-refractivity contribution in [1.29, 1.82) is 0 Å². The molecule has 0 aliphatic carbocycles. The largest absolute Gasteiger partial charge is 0.333 e. The lowest BCUT2D eigenvalue weighted by molar-refractivity contribution is 0.0738. The number of aryl methyl sites for hydroxylation is 1. The van der Waals surface area contributed by atoms with E-state index in [2.05, 4.69) is 14.9 Å². The maximum atomic E-state index is 12.7. The Kier molecular flexibility index (Phi) is 5.11. The summed E-state index contributed by atoms with van der Waals surface area (Å²) in [6, 6.07) is 12.7. The van der Waals surface area contributed by atoms with Gasteiger partial charge in [0.1, 0.15) is 4.88 Å². The van der Waals surface area contributed by atoms with E-state index in [0.717, 1.165) is 23.5 Å². The lowest BCUT2D eigenvalue weighted by Gasteiger charge is -2.29. The first-order chi connectivity index (χ1) is 13.5. The molecule has 2 heterocycles. The zero-order valence-electron chi connectivity index (χ0n) is 15.1. The number of nitrogens with zero attached hydrogens (tertiary/aromatic N) is 3. The monoisotopic (exact) mass is 412 g/mol. The SMILES string of the molecule is Cc1nnsc1C(=O)N1CCc2ccc(NC(=O)c3ccccc3Cl)cc2C1. The summed E-state index contributed by atoms with van der Waals surface area (Å²) in [5.41, 5.74) is 3.95. The molecule has 0 bridgehead atoms. The highest BCUT2D eigenvalue weighted by molar-refractivity contribution is 7.07. The Morgan fingerprint density at radius 2 is 2.00 bits per heavy atom. The summed E-state index contributed by atoms with van der Waals surface area (Å²) >= 11 is 7.22. The normalized spacial score (nSPS) is 13.1. The Bertz CT molecular complexity index is 1070. The molecule has 0 fully saturated rings. The molecular formula is C20H17ClN4O2S. The highest BCUT2D eigenvalue weighted by atomic mass is 35.5. The molecular weight excluding hydrogens is 396 g/mol. The summed E-state index contributed by atoms with van der Waals surface area (Å²) in [4.78, 5) is 27.6. The molecule has 28 heavy (non-hydrogen) atoms. The first-order valence-corrected chi connectivity index (χ1v) is 9.94. The molecule has 0 saturated carbocycles. The van der Waals surface area contributed by atoms with E-state index < -0.39 is 0 Å². The van der Waals surface area contributed by atoms with Crippen molar-refractivity contribution in [3.8, 4) is 0 Å². The van der Waals surface area contributed by atoms with Gasteiger partial charge in [0.2, 0.25) is 0 Å². The van der Waals surface area contributed by atoms with Crippen LogP contribution in [0.4, 0.5) is 5.69 Å². The number of hydrogen-bond acceptors (Lipinski definition) is 5. The van der Waals surface area contributed by atoms with Gasteiger partial charge in [0.25, 0.3) is 11.8 Å². The lowest BCUT2D eigenvalue weighted by atomic mass is 9.98. The molecule has 1 aliphatic rings. The molecule has 1 N–H and O–H groups in total. The molecule has 142 valence electrons. The Morgan fingerprint density at radius 1 is 1.18 bits per heavy atom. The lowest BCUT2D eigenvalue weighted by Crippen LogP contribution is -2.36. The van der Waals surface area contributed by atoms with Crippen molar-refractivity contribution in [2.45, 2.75) is 19.9 Å².